The molecule has 2 N–H and O–H groups in total. The molecule has 3 saturated heterocycles. The first-order valence-electron chi connectivity index (χ1n) is 9.50. The molecule has 8 nitrogen and oxygen atoms in total. The quantitative estimate of drug-likeness (QED) is 0.632. The van der Waals surface area contributed by atoms with E-state index < -0.39 is 5.97 Å². The van der Waals surface area contributed by atoms with Gasteiger partial charge in [0.15, 0.2) is 5.69 Å². The molecule has 1 atom stereocenters. The molecular weight excluding hydrogens is 392 g/mol. The average molecular weight is 414 g/mol. The summed E-state index contributed by atoms with van der Waals surface area (Å²) in [6.45, 7) is 5.88. The molecule has 152 valence electrons. The van der Waals surface area contributed by atoms with Gasteiger partial charge in [-0.3, -0.25) is 14.8 Å². The first-order valence-corrected chi connectivity index (χ1v) is 10.4. The van der Waals surface area contributed by atoms with E-state index in [4.69, 9.17) is 9.84 Å². The number of fused-ring (bicyclic) bond motifs is 4. The van der Waals surface area contributed by atoms with Crippen LogP contribution in [0.15, 0.2) is 23.6 Å². The molecule has 0 saturated carbocycles. The largest absolute Gasteiger partial charge is 0.476 e. The molecule has 5 heterocycles. The Morgan fingerprint density at radius 2 is 2.17 bits per heavy atom. The molecule has 3 aliphatic heterocycles. The maximum Gasteiger partial charge on any atom is 0.357 e. The lowest BCUT2D eigenvalue weighted by Gasteiger charge is -2.43. The van der Waals surface area contributed by atoms with E-state index in [-0.39, 0.29) is 11.8 Å². The number of carbonyl (C=O) groups excluding carboxylic acids is 1. The van der Waals surface area contributed by atoms with Crippen LogP contribution >= 0.6 is 11.3 Å². The third-order valence-electron chi connectivity index (χ3n) is 5.46. The monoisotopic (exact) mass is 414 g/mol. The SMILES string of the molecule is Cc1csc(-c2ccc3[nH]nc(C(=O)O)c3c2)n1.O=CO[C@H]1CN2CCC1CC2. The Balaban J connectivity index is 0.000000159. The topological polar surface area (TPSA) is 108 Å². The average Bonchev–Trinajstić information content (AvgIpc) is 3.35. The van der Waals surface area contributed by atoms with Gasteiger partial charge in [0.05, 0.1) is 5.52 Å². The number of benzene rings is 1. The fraction of sp³-hybridized carbons (Fsp3) is 0.400. The second kappa shape index (κ2) is 8.30. The zero-order chi connectivity index (χ0) is 20.4. The van der Waals surface area contributed by atoms with Gasteiger partial charge in [0, 0.05) is 28.6 Å². The molecule has 0 radical (unpaired) electrons. The first kappa shape index (κ1) is 19.5. The number of rotatable bonds is 4. The Morgan fingerprint density at radius 1 is 1.38 bits per heavy atom. The fourth-order valence-electron chi connectivity index (χ4n) is 3.93. The normalized spacial score (nSPS) is 22.7. The van der Waals surface area contributed by atoms with Crippen LogP contribution in [0.4, 0.5) is 0 Å². The number of aromatic amines is 1. The van der Waals surface area contributed by atoms with E-state index in [1.807, 2.05) is 24.4 Å². The molecule has 3 fully saturated rings. The zero-order valence-corrected chi connectivity index (χ0v) is 16.8. The summed E-state index contributed by atoms with van der Waals surface area (Å²) < 4.78 is 4.99. The predicted octanol–water partition coefficient (Wildman–Crippen LogP) is 2.95. The number of aromatic nitrogens is 3. The maximum absolute atomic E-state index is 11.0. The molecule has 1 aromatic carbocycles. The summed E-state index contributed by atoms with van der Waals surface area (Å²) in [4.78, 5) is 27.9. The highest BCUT2D eigenvalue weighted by molar-refractivity contribution is 7.13. The molecule has 0 aliphatic carbocycles. The van der Waals surface area contributed by atoms with Crippen LogP contribution in [0, 0.1) is 12.8 Å². The summed E-state index contributed by atoms with van der Waals surface area (Å²) in [6.07, 6.45) is 2.60. The summed E-state index contributed by atoms with van der Waals surface area (Å²) in [5, 5.41) is 19.0. The molecule has 2 bridgehead atoms. The molecule has 0 amide bonds. The highest BCUT2D eigenvalue weighted by Gasteiger charge is 2.35. The van der Waals surface area contributed by atoms with Crippen molar-refractivity contribution in [1.29, 1.82) is 0 Å². The van der Waals surface area contributed by atoms with Crippen molar-refractivity contribution in [3.63, 3.8) is 0 Å². The van der Waals surface area contributed by atoms with E-state index in [1.165, 1.54) is 37.3 Å². The maximum atomic E-state index is 11.0. The number of nitrogens with zero attached hydrogens (tertiary/aromatic N) is 3. The van der Waals surface area contributed by atoms with Crippen molar-refractivity contribution in [2.45, 2.75) is 25.9 Å². The number of carboxylic acid groups (broad SMARTS) is 1. The van der Waals surface area contributed by atoms with Gasteiger partial charge in [-0.05, 0) is 57.0 Å². The summed E-state index contributed by atoms with van der Waals surface area (Å²) in [7, 11) is 0. The van der Waals surface area contributed by atoms with Crippen LogP contribution in [0.1, 0.15) is 29.0 Å². The molecule has 9 heteroatoms. The molecule has 3 aliphatic rings. The van der Waals surface area contributed by atoms with Crippen LogP contribution in [0.5, 0.6) is 0 Å². The lowest BCUT2D eigenvalue weighted by atomic mass is 9.86. The van der Waals surface area contributed by atoms with Crippen LogP contribution in [-0.2, 0) is 9.53 Å². The van der Waals surface area contributed by atoms with Gasteiger partial charge >= 0.3 is 5.97 Å². The van der Waals surface area contributed by atoms with Gasteiger partial charge in [-0.25, -0.2) is 9.78 Å². The minimum Gasteiger partial charge on any atom is -0.476 e. The van der Waals surface area contributed by atoms with Gasteiger partial charge in [-0.2, -0.15) is 5.10 Å². The minimum atomic E-state index is -1.03. The van der Waals surface area contributed by atoms with Crippen LogP contribution in [0.25, 0.3) is 21.5 Å². The standard InChI is InChI=1S/C12H9N3O2S.C8H13NO2/c1-6-5-18-11(13-6)7-2-3-9-8(4-7)10(12(16)17)15-14-9;10-6-11-8-5-9-3-1-7(8)2-4-9/h2-5H,1H3,(H,14,15)(H,16,17);6-8H,1-5H2/t;8-/m.0/s1. The molecule has 0 spiro atoms. The number of thiazole rings is 1. The first-order chi connectivity index (χ1) is 14.0. The third-order valence-corrected chi connectivity index (χ3v) is 6.47. The Labute approximate surface area is 171 Å². The molecular formula is C20H22N4O4S. The number of nitrogens with one attached hydrogen (secondary N) is 1. The second-order valence-corrected chi connectivity index (χ2v) is 8.20. The van der Waals surface area contributed by atoms with Gasteiger partial charge in [0.2, 0.25) is 0 Å². The van der Waals surface area contributed by atoms with E-state index in [9.17, 15) is 9.59 Å². The lowest BCUT2D eigenvalue weighted by Crippen LogP contribution is -2.51. The molecule has 6 rings (SSSR count). The number of hydrogen-bond acceptors (Lipinski definition) is 7. The number of ether oxygens (including phenoxy) is 1. The number of hydrogen-bond donors (Lipinski definition) is 2. The Kier molecular flexibility index (Phi) is 5.59. The molecule has 2 aromatic heterocycles. The lowest BCUT2D eigenvalue weighted by molar-refractivity contribution is -0.143. The Hall–Kier alpha value is -2.78. The van der Waals surface area contributed by atoms with Crippen molar-refractivity contribution in [2.75, 3.05) is 19.6 Å². The van der Waals surface area contributed by atoms with E-state index in [2.05, 4.69) is 20.1 Å². The van der Waals surface area contributed by atoms with Gasteiger partial charge in [-0.15, -0.1) is 11.3 Å². The molecule has 29 heavy (non-hydrogen) atoms. The van der Waals surface area contributed by atoms with Gasteiger partial charge in [0.1, 0.15) is 11.1 Å². The van der Waals surface area contributed by atoms with E-state index >= 15 is 0 Å². The number of aryl methyl sites for hydroxylation is 1. The van der Waals surface area contributed by atoms with E-state index in [1.54, 1.807) is 6.07 Å². The zero-order valence-electron chi connectivity index (χ0n) is 16.0. The van der Waals surface area contributed by atoms with Crippen molar-refractivity contribution in [3.8, 4) is 10.6 Å². The number of carboxylic acids is 1. The summed E-state index contributed by atoms with van der Waals surface area (Å²) in [6, 6.07) is 5.53. The highest BCUT2D eigenvalue weighted by atomic mass is 32.1. The second-order valence-electron chi connectivity index (χ2n) is 7.34. The van der Waals surface area contributed by atoms with Crippen molar-refractivity contribution in [2.24, 2.45) is 5.92 Å². The van der Waals surface area contributed by atoms with Gasteiger partial charge in [-0.1, -0.05) is 0 Å². The van der Waals surface area contributed by atoms with E-state index in [0.29, 0.717) is 23.3 Å². The van der Waals surface area contributed by atoms with E-state index in [0.717, 1.165) is 22.8 Å². The molecule has 3 aromatic rings. The van der Waals surface area contributed by atoms with Gasteiger partial charge in [0.25, 0.3) is 6.47 Å². The summed E-state index contributed by atoms with van der Waals surface area (Å²) in [5.41, 5.74) is 2.62. The van der Waals surface area contributed by atoms with Crippen LogP contribution in [0.3, 0.4) is 0 Å². The predicted molar refractivity (Wildman–Crippen MR) is 109 cm³/mol. The van der Waals surface area contributed by atoms with Crippen molar-refractivity contribution >= 4 is 34.7 Å². The van der Waals surface area contributed by atoms with Crippen LogP contribution in [0.2, 0.25) is 0 Å². The third kappa shape index (κ3) is 4.15. The van der Waals surface area contributed by atoms with Crippen molar-refractivity contribution in [3.05, 3.63) is 35.0 Å². The number of carbonyl (C=O) groups is 2. The number of piperidine rings is 3. The van der Waals surface area contributed by atoms with Crippen molar-refractivity contribution in [1.82, 2.24) is 20.1 Å². The Bertz CT molecular complexity index is 1020. The highest BCUT2D eigenvalue weighted by Crippen LogP contribution is 2.29. The van der Waals surface area contributed by atoms with Crippen LogP contribution < -0.4 is 0 Å². The summed E-state index contributed by atoms with van der Waals surface area (Å²) in [5.74, 6) is -0.390. The fourth-order valence-corrected chi connectivity index (χ4v) is 4.73. The van der Waals surface area contributed by atoms with Crippen LogP contribution in [-0.4, -0.2) is 63.4 Å². The van der Waals surface area contributed by atoms with Gasteiger partial charge < -0.3 is 9.84 Å². The minimum absolute atomic E-state index is 0.0418. The van der Waals surface area contributed by atoms with Crippen molar-refractivity contribution < 1.29 is 19.4 Å². The Morgan fingerprint density at radius 3 is 2.76 bits per heavy atom. The number of aromatic carboxylic acids is 1. The smallest absolute Gasteiger partial charge is 0.357 e. The summed E-state index contributed by atoms with van der Waals surface area (Å²) >= 11 is 1.54. The molecule has 0 unspecified atom stereocenters. The number of H-pyrrole nitrogens is 1.